The summed E-state index contributed by atoms with van der Waals surface area (Å²) in [7, 11) is 0. The number of aliphatic hydroxyl groups excluding tert-OH is 1. The summed E-state index contributed by atoms with van der Waals surface area (Å²) in [5.41, 5.74) is 9.84. The van der Waals surface area contributed by atoms with Crippen LogP contribution in [0, 0.1) is 6.92 Å². The number of hydrogen-bond donors (Lipinski definition) is 2. The van der Waals surface area contributed by atoms with Gasteiger partial charge < -0.3 is 10.8 Å². The Kier molecular flexibility index (Phi) is 4.72. The molecule has 0 saturated heterocycles. The van der Waals surface area contributed by atoms with Crippen LogP contribution in [0.2, 0.25) is 0 Å². The Balaban J connectivity index is 2.10. The molecule has 2 heteroatoms. The maximum absolute atomic E-state index is 10.3. The summed E-state index contributed by atoms with van der Waals surface area (Å²) in [5, 5.41) is 10.3. The smallest absolute Gasteiger partial charge is 0.104 e. The van der Waals surface area contributed by atoms with Crippen LogP contribution in [0.1, 0.15) is 34.8 Å². The third kappa shape index (κ3) is 3.66. The Labute approximate surface area is 114 Å². The number of aryl methyl sites for hydroxylation is 2. The van der Waals surface area contributed by atoms with Crippen LogP contribution in [0.3, 0.4) is 0 Å². The van der Waals surface area contributed by atoms with Crippen LogP contribution in [-0.2, 0) is 6.42 Å². The lowest BCUT2D eigenvalue weighted by atomic mass is 9.98. The molecule has 0 aromatic heterocycles. The Bertz CT molecular complexity index is 502. The second-order valence-electron chi connectivity index (χ2n) is 4.95. The number of nitrogens with two attached hydrogens (primary N) is 1. The largest absolute Gasteiger partial charge is 0.384 e. The molecule has 0 radical (unpaired) electrons. The van der Waals surface area contributed by atoms with Gasteiger partial charge >= 0.3 is 0 Å². The number of hydrogen-bond acceptors (Lipinski definition) is 2. The van der Waals surface area contributed by atoms with Crippen LogP contribution in [0.25, 0.3) is 0 Å². The van der Waals surface area contributed by atoms with Crippen molar-refractivity contribution in [3.05, 3.63) is 70.8 Å². The molecule has 3 N–H and O–H groups in total. The van der Waals surface area contributed by atoms with Crippen molar-refractivity contribution in [1.29, 1.82) is 0 Å². The first-order chi connectivity index (χ1) is 9.20. The van der Waals surface area contributed by atoms with Gasteiger partial charge in [-0.15, -0.1) is 0 Å². The van der Waals surface area contributed by atoms with Gasteiger partial charge in [-0.1, -0.05) is 54.1 Å². The second kappa shape index (κ2) is 6.50. The Morgan fingerprint density at radius 3 is 2.00 bits per heavy atom. The molecular weight excluding hydrogens is 234 g/mol. The zero-order valence-electron chi connectivity index (χ0n) is 11.3. The molecule has 0 aliphatic carbocycles. The molecule has 100 valence electrons. The summed E-state index contributed by atoms with van der Waals surface area (Å²) in [4.78, 5) is 0. The second-order valence-corrected chi connectivity index (χ2v) is 4.95. The molecule has 1 unspecified atom stereocenters. The summed E-state index contributed by atoms with van der Waals surface area (Å²) in [6, 6.07) is 16.1. The average Bonchev–Trinajstić information content (AvgIpc) is 2.46. The molecule has 2 rings (SSSR count). The van der Waals surface area contributed by atoms with Gasteiger partial charge in [-0.25, -0.2) is 0 Å². The first kappa shape index (κ1) is 13.8. The zero-order valence-corrected chi connectivity index (χ0v) is 11.3. The van der Waals surface area contributed by atoms with Crippen molar-refractivity contribution in [3.63, 3.8) is 0 Å². The lowest BCUT2D eigenvalue weighted by molar-refractivity contribution is 0.220. The monoisotopic (exact) mass is 255 g/mol. The number of rotatable bonds is 5. The minimum atomic E-state index is -0.552. The van der Waals surface area contributed by atoms with Crippen molar-refractivity contribution in [1.82, 2.24) is 0 Å². The van der Waals surface area contributed by atoms with Gasteiger partial charge in [-0.2, -0.15) is 0 Å². The van der Waals surface area contributed by atoms with Crippen LogP contribution < -0.4 is 5.73 Å². The van der Waals surface area contributed by atoms with Crippen LogP contribution in [0.15, 0.2) is 48.5 Å². The highest BCUT2D eigenvalue weighted by Crippen LogP contribution is 2.22. The highest BCUT2D eigenvalue weighted by Gasteiger charge is 2.09. The van der Waals surface area contributed by atoms with Gasteiger partial charge in [0, 0.05) is 0 Å². The van der Waals surface area contributed by atoms with Gasteiger partial charge in [0.15, 0.2) is 0 Å². The molecule has 19 heavy (non-hydrogen) atoms. The molecule has 0 aliphatic heterocycles. The van der Waals surface area contributed by atoms with Crippen molar-refractivity contribution >= 4 is 0 Å². The van der Waals surface area contributed by atoms with Crippen LogP contribution in [0.5, 0.6) is 0 Å². The predicted octanol–water partition coefficient (Wildman–Crippen LogP) is 2.97. The summed E-state index contributed by atoms with van der Waals surface area (Å²) in [5.74, 6) is 0. The van der Waals surface area contributed by atoms with Gasteiger partial charge in [-0.05, 0) is 43.0 Å². The van der Waals surface area contributed by atoms with Gasteiger partial charge in [0.1, 0.15) is 6.10 Å². The lowest BCUT2D eigenvalue weighted by Gasteiger charge is -2.12. The van der Waals surface area contributed by atoms with E-state index in [1.54, 1.807) is 0 Å². The SMILES string of the molecule is Cc1ccc(C(O)c2ccc(CCCN)cc2)cc1. The quantitative estimate of drug-likeness (QED) is 0.863. The van der Waals surface area contributed by atoms with E-state index in [0.717, 1.165) is 24.0 Å². The van der Waals surface area contributed by atoms with Crippen molar-refractivity contribution in [2.45, 2.75) is 25.9 Å². The first-order valence-electron chi connectivity index (χ1n) is 6.74. The molecule has 2 aromatic carbocycles. The normalized spacial score (nSPS) is 12.4. The average molecular weight is 255 g/mol. The molecule has 1 atom stereocenters. The third-order valence-corrected chi connectivity index (χ3v) is 3.36. The van der Waals surface area contributed by atoms with E-state index in [9.17, 15) is 5.11 Å². The zero-order chi connectivity index (χ0) is 13.7. The fourth-order valence-electron chi connectivity index (χ4n) is 2.11. The van der Waals surface area contributed by atoms with Gasteiger partial charge in [0.2, 0.25) is 0 Å². The summed E-state index contributed by atoms with van der Waals surface area (Å²) >= 11 is 0. The maximum Gasteiger partial charge on any atom is 0.104 e. The Hall–Kier alpha value is -1.64. The maximum atomic E-state index is 10.3. The van der Waals surface area contributed by atoms with E-state index in [-0.39, 0.29) is 0 Å². The molecular formula is C17H21NO. The number of aliphatic hydroxyl groups is 1. The standard InChI is InChI=1S/C17H21NO/c1-13-4-8-15(9-5-13)17(19)16-10-6-14(7-11-16)3-2-12-18/h4-11,17,19H,2-3,12,18H2,1H3. The Morgan fingerprint density at radius 2 is 1.47 bits per heavy atom. The van der Waals surface area contributed by atoms with E-state index in [4.69, 9.17) is 5.73 Å². The molecule has 0 amide bonds. The Morgan fingerprint density at radius 1 is 0.947 bits per heavy atom. The van der Waals surface area contributed by atoms with Crippen LogP contribution in [0.4, 0.5) is 0 Å². The van der Waals surface area contributed by atoms with E-state index in [1.807, 2.05) is 43.3 Å². The van der Waals surface area contributed by atoms with E-state index < -0.39 is 6.10 Å². The molecule has 0 bridgehead atoms. The lowest BCUT2D eigenvalue weighted by Crippen LogP contribution is -2.02. The van der Waals surface area contributed by atoms with Crippen molar-refractivity contribution in [2.24, 2.45) is 5.73 Å². The number of benzene rings is 2. The molecule has 2 nitrogen and oxygen atoms in total. The summed E-state index contributed by atoms with van der Waals surface area (Å²) < 4.78 is 0. The molecule has 0 saturated carbocycles. The van der Waals surface area contributed by atoms with Crippen molar-refractivity contribution in [2.75, 3.05) is 6.54 Å². The van der Waals surface area contributed by atoms with Crippen molar-refractivity contribution < 1.29 is 5.11 Å². The van der Waals surface area contributed by atoms with E-state index in [0.29, 0.717) is 6.54 Å². The highest BCUT2D eigenvalue weighted by atomic mass is 16.3. The fourth-order valence-corrected chi connectivity index (χ4v) is 2.11. The fraction of sp³-hybridized carbons (Fsp3) is 0.294. The van der Waals surface area contributed by atoms with E-state index in [2.05, 4.69) is 12.1 Å². The predicted molar refractivity (Wildman–Crippen MR) is 79.1 cm³/mol. The minimum absolute atomic E-state index is 0.552. The van der Waals surface area contributed by atoms with Gasteiger partial charge in [-0.3, -0.25) is 0 Å². The topological polar surface area (TPSA) is 46.2 Å². The molecule has 2 aromatic rings. The molecule has 0 spiro atoms. The summed E-state index contributed by atoms with van der Waals surface area (Å²) in [6.07, 6.45) is 1.45. The first-order valence-corrected chi connectivity index (χ1v) is 6.74. The minimum Gasteiger partial charge on any atom is -0.384 e. The van der Waals surface area contributed by atoms with Crippen molar-refractivity contribution in [3.8, 4) is 0 Å². The molecule has 0 aliphatic rings. The van der Waals surface area contributed by atoms with Gasteiger partial charge in [0.05, 0.1) is 0 Å². The third-order valence-electron chi connectivity index (χ3n) is 3.36. The summed E-state index contributed by atoms with van der Waals surface area (Å²) in [6.45, 7) is 2.76. The molecule has 0 heterocycles. The van der Waals surface area contributed by atoms with Gasteiger partial charge in [0.25, 0.3) is 0 Å². The molecule has 0 fully saturated rings. The van der Waals surface area contributed by atoms with Crippen LogP contribution >= 0.6 is 0 Å². The van der Waals surface area contributed by atoms with E-state index in [1.165, 1.54) is 11.1 Å². The van der Waals surface area contributed by atoms with Crippen LogP contribution in [-0.4, -0.2) is 11.7 Å². The highest BCUT2D eigenvalue weighted by molar-refractivity contribution is 5.33. The van der Waals surface area contributed by atoms with E-state index >= 15 is 0 Å².